The Balaban J connectivity index is 0. The molecule has 0 radical (unpaired) electrons. The van der Waals surface area contributed by atoms with E-state index < -0.39 is 0 Å². The topological polar surface area (TPSA) is 87.8 Å². The molecule has 30 heavy (non-hydrogen) atoms. The molecule has 176 valence electrons. The average molecular weight is 426 g/mol. The maximum Gasteiger partial charge on any atom is 0.251 e. The second-order valence-corrected chi connectivity index (χ2v) is 9.21. The lowest BCUT2D eigenvalue weighted by Gasteiger charge is -2.31. The largest absolute Gasteiger partial charge is 0.488 e. The van der Waals surface area contributed by atoms with Crippen molar-refractivity contribution >= 4 is 5.91 Å². The Morgan fingerprint density at radius 1 is 1.23 bits per heavy atom. The van der Waals surface area contributed by atoms with Crippen LogP contribution in [0.15, 0.2) is 24.3 Å². The van der Waals surface area contributed by atoms with Gasteiger partial charge in [-0.25, -0.2) is 0 Å². The number of carbonyl (C=O) groups excluding carboxylic acids is 1. The first kappa shape index (κ1) is 26.4. The van der Waals surface area contributed by atoms with E-state index in [1.807, 2.05) is 45.0 Å². The van der Waals surface area contributed by atoms with Crippen molar-refractivity contribution in [1.82, 2.24) is 10.2 Å². The lowest BCUT2D eigenvalue weighted by atomic mass is 9.96. The Morgan fingerprint density at radius 2 is 1.83 bits per heavy atom. The van der Waals surface area contributed by atoms with Gasteiger partial charge in [-0.3, -0.25) is 4.79 Å². The molecule has 1 heterocycles. The summed E-state index contributed by atoms with van der Waals surface area (Å²) < 4.78 is 5.83. The molecule has 1 aromatic carbocycles. The SMILES string of the molecule is CC(C)(C)Oc1cccc(C(=O)NCC2CCN(CCN)CC2)c1.CC1CC1.CO.[HH].[HH]. The Labute approximate surface area is 186 Å². The van der Waals surface area contributed by atoms with E-state index in [0.29, 0.717) is 18.0 Å². The van der Waals surface area contributed by atoms with E-state index in [9.17, 15) is 4.79 Å². The van der Waals surface area contributed by atoms with Gasteiger partial charge in [0.2, 0.25) is 0 Å². The highest BCUT2D eigenvalue weighted by molar-refractivity contribution is 5.94. The summed E-state index contributed by atoms with van der Waals surface area (Å²) in [6, 6.07) is 7.38. The number of rotatable bonds is 6. The fourth-order valence-electron chi connectivity index (χ4n) is 3.16. The van der Waals surface area contributed by atoms with Crippen molar-refractivity contribution in [3.8, 4) is 5.75 Å². The van der Waals surface area contributed by atoms with Gasteiger partial charge in [0.25, 0.3) is 5.91 Å². The van der Waals surface area contributed by atoms with Crippen molar-refractivity contribution in [2.75, 3.05) is 39.8 Å². The van der Waals surface area contributed by atoms with Gasteiger partial charge in [0.05, 0.1) is 0 Å². The van der Waals surface area contributed by atoms with Crippen LogP contribution in [0.3, 0.4) is 0 Å². The second-order valence-electron chi connectivity index (χ2n) is 9.21. The van der Waals surface area contributed by atoms with Crippen molar-refractivity contribution in [3.63, 3.8) is 0 Å². The third kappa shape index (κ3) is 11.5. The molecular formula is C24H47N3O3. The van der Waals surface area contributed by atoms with Gasteiger partial charge in [0.1, 0.15) is 11.4 Å². The van der Waals surface area contributed by atoms with Crippen LogP contribution in [0.4, 0.5) is 0 Å². The Kier molecular flexibility index (Phi) is 12.0. The summed E-state index contributed by atoms with van der Waals surface area (Å²) in [5.41, 5.74) is 5.98. The summed E-state index contributed by atoms with van der Waals surface area (Å²) >= 11 is 0. The van der Waals surface area contributed by atoms with Crippen LogP contribution in [0.2, 0.25) is 0 Å². The van der Waals surface area contributed by atoms with Gasteiger partial charge in [-0.15, -0.1) is 0 Å². The van der Waals surface area contributed by atoms with Crippen LogP contribution in [-0.4, -0.2) is 61.3 Å². The molecule has 1 aliphatic heterocycles. The number of nitrogens with one attached hydrogen (secondary N) is 1. The van der Waals surface area contributed by atoms with E-state index in [4.69, 9.17) is 15.6 Å². The third-order valence-corrected chi connectivity index (χ3v) is 5.09. The minimum atomic E-state index is -0.271. The average Bonchev–Trinajstić information content (AvgIpc) is 3.50. The maximum atomic E-state index is 12.4. The number of piperidine rings is 1. The molecule has 0 atom stereocenters. The molecule has 1 saturated carbocycles. The molecule has 2 fully saturated rings. The van der Waals surface area contributed by atoms with Gasteiger partial charge in [-0.1, -0.05) is 25.8 Å². The van der Waals surface area contributed by atoms with E-state index >= 15 is 0 Å². The predicted octanol–water partition coefficient (Wildman–Crippen LogP) is 3.78. The van der Waals surface area contributed by atoms with E-state index in [1.54, 1.807) is 0 Å². The Hall–Kier alpha value is -1.63. The van der Waals surface area contributed by atoms with Crippen LogP contribution in [0.25, 0.3) is 0 Å². The lowest BCUT2D eigenvalue weighted by molar-refractivity contribution is 0.0933. The van der Waals surface area contributed by atoms with Crippen molar-refractivity contribution in [3.05, 3.63) is 29.8 Å². The normalized spacial score (nSPS) is 17.2. The van der Waals surface area contributed by atoms with E-state index in [0.717, 1.165) is 57.8 Å². The van der Waals surface area contributed by atoms with Crippen molar-refractivity contribution in [1.29, 1.82) is 0 Å². The van der Waals surface area contributed by atoms with Gasteiger partial charge in [0, 0.05) is 35.2 Å². The molecular weight excluding hydrogens is 378 g/mol. The fraction of sp³-hybridized carbons (Fsp3) is 0.708. The van der Waals surface area contributed by atoms with Gasteiger partial charge in [0.15, 0.2) is 0 Å². The van der Waals surface area contributed by atoms with Crippen molar-refractivity contribution in [2.45, 2.75) is 59.0 Å². The molecule has 6 heteroatoms. The van der Waals surface area contributed by atoms with Gasteiger partial charge in [-0.05, 0) is 76.7 Å². The van der Waals surface area contributed by atoms with Crippen LogP contribution in [-0.2, 0) is 0 Å². The second kappa shape index (κ2) is 13.6. The number of nitrogens with zero attached hydrogens (tertiary/aromatic N) is 1. The van der Waals surface area contributed by atoms with Crippen LogP contribution < -0.4 is 15.8 Å². The number of carbonyl (C=O) groups is 1. The van der Waals surface area contributed by atoms with Crippen molar-refractivity contribution < 1.29 is 17.5 Å². The Bertz CT molecular complexity index is 615. The smallest absolute Gasteiger partial charge is 0.251 e. The van der Waals surface area contributed by atoms with E-state index in [2.05, 4.69) is 17.1 Å². The lowest BCUT2D eigenvalue weighted by Crippen LogP contribution is -2.40. The summed E-state index contributed by atoms with van der Waals surface area (Å²) in [6.07, 6.45) is 5.21. The first-order valence-electron chi connectivity index (χ1n) is 11.2. The maximum absolute atomic E-state index is 12.4. The summed E-state index contributed by atoms with van der Waals surface area (Å²) in [6.45, 7) is 12.8. The molecule has 0 unspecified atom stereocenters. The number of amides is 1. The van der Waals surface area contributed by atoms with Gasteiger partial charge < -0.3 is 25.8 Å². The highest BCUT2D eigenvalue weighted by Gasteiger charge is 2.19. The van der Waals surface area contributed by atoms with Gasteiger partial charge >= 0.3 is 0 Å². The zero-order chi connectivity index (χ0) is 22.6. The number of ether oxygens (including phenoxy) is 1. The third-order valence-electron chi connectivity index (χ3n) is 5.09. The zero-order valence-electron chi connectivity index (χ0n) is 19.6. The molecule has 2 aliphatic rings. The minimum Gasteiger partial charge on any atom is -0.488 e. The predicted molar refractivity (Wildman–Crippen MR) is 128 cm³/mol. The van der Waals surface area contributed by atoms with Crippen LogP contribution >= 0.6 is 0 Å². The number of aliphatic hydroxyl groups excluding tert-OH is 1. The molecule has 0 aromatic heterocycles. The summed E-state index contributed by atoms with van der Waals surface area (Å²) in [7, 11) is 1.00. The zero-order valence-corrected chi connectivity index (χ0v) is 19.6. The summed E-state index contributed by atoms with van der Waals surface area (Å²) in [5.74, 6) is 2.33. The molecule has 3 rings (SSSR count). The van der Waals surface area contributed by atoms with Crippen molar-refractivity contribution in [2.24, 2.45) is 17.6 Å². The Morgan fingerprint density at radius 3 is 2.33 bits per heavy atom. The number of benzene rings is 1. The monoisotopic (exact) mass is 425 g/mol. The van der Waals surface area contributed by atoms with Gasteiger partial charge in [-0.2, -0.15) is 0 Å². The summed E-state index contributed by atoms with van der Waals surface area (Å²) in [5, 5.41) is 10.1. The number of hydrogen-bond acceptors (Lipinski definition) is 5. The molecule has 0 spiro atoms. The van der Waals surface area contributed by atoms with Crippen LogP contribution in [0, 0.1) is 11.8 Å². The molecule has 1 aliphatic carbocycles. The number of aliphatic hydroxyl groups is 1. The first-order chi connectivity index (χ1) is 14.3. The number of nitrogens with two attached hydrogens (primary N) is 1. The number of hydrogen-bond donors (Lipinski definition) is 3. The molecule has 1 aromatic rings. The highest BCUT2D eigenvalue weighted by Crippen LogP contribution is 2.26. The van der Waals surface area contributed by atoms with Crippen LogP contribution in [0.1, 0.15) is 66.6 Å². The van der Waals surface area contributed by atoms with Crippen LogP contribution in [0.5, 0.6) is 5.75 Å². The first-order valence-corrected chi connectivity index (χ1v) is 11.2. The molecule has 1 saturated heterocycles. The molecule has 6 nitrogen and oxygen atoms in total. The highest BCUT2D eigenvalue weighted by atomic mass is 16.5. The van der Waals surface area contributed by atoms with E-state index in [-0.39, 0.29) is 14.4 Å². The number of likely N-dealkylation sites (tertiary alicyclic amines) is 1. The molecule has 0 bridgehead atoms. The fourth-order valence-corrected chi connectivity index (χ4v) is 3.16. The quantitative estimate of drug-likeness (QED) is 0.645. The molecule has 1 amide bonds. The van der Waals surface area contributed by atoms with E-state index in [1.165, 1.54) is 12.8 Å². The summed E-state index contributed by atoms with van der Waals surface area (Å²) in [4.78, 5) is 14.8. The standard InChI is InChI=1S/C19H31N3O2.C4H8.CH4O.2H2/c1-19(2,3)24-17-6-4-5-16(13-17)18(23)21-14-15-7-10-22(11-8-15)12-9-20;1-4-2-3-4;1-2;;/h4-6,13,15H,7-12,14,20H2,1-3H3,(H,21,23);4H,2-3H2,1H3;2H,1H3;2*1H. The minimum absolute atomic E-state index is 0. The molecule has 4 N–H and O–H groups in total.